The molecule has 1 fully saturated rings. The zero-order valence-electron chi connectivity index (χ0n) is 18.3. The summed E-state index contributed by atoms with van der Waals surface area (Å²) in [6, 6.07) is 8.94. The highest BCUT2D eigenvalue weighted by atomic mass is 19.3. The van der Waals surface area contributed by atoms with Crippen molar-refractivity contribution in [3.63, 3.8) is 0 Å². The summed E-state index contributed by atoms with van der Waals surface area (Å²) in [5.41, 5.74) is 1.91. The standard InChI is InChI=1S/C22H31F2N5O2/c1-4-25-22(26-13-19-12-20(15(2)3)28-31-19)27-16-6-5-11-29(14-16)17-7-9-18(10-8-17)30-21(23)24/h7-10,12,15-16,21H,4-6,11,13-14H2,1-3H3,(H2,25,26,27). The predicted octanol–water partition coefficient (Wildman–Crippen LogP) is 4.12. The normalized spacial score (nSPS) is 17.3. The summed E-state index contributed by atoms with van der Waals surface area (Å²) in [5, 5.41) is 10.9. The fourth-order valence-corrected chi connectivity index (χ4v) is 3.51. The van der Waals surface area contributed by atoms with E-state index in [1.807, 2.05) is 25.1 Å². The van der Waals surface area contributed by atoms with Gasteiger partial charge in [-0.2, -0.15) is 8.78 Å². The summed E-state index contributed by atoms with van der Waals surface area (Å²) < 4.78 is 34.5. The Morgan fingerprint density at radius 2 is 2.10 bits per heavy atom. The Labute approximate surface area is 181 Å². The van der Waals surface area contributed by atoms with E-state index >= 15 is 0 Å². The average molecular weight is 436 g/mol. The molecule has 0 spiro atoms. The van der Waals surface area contributed by atoms with Crippen LogP contribution < -0.4 is 20.3 Å². The molecule has 0 aliphatic carbocycles. The van der Waals surface area contributed by atoms with Crippen molar-refractivity contribution in [1.29, 1.82) is 0 Å². The van der Waals surface area contributed by atoms with Crippen LogP contribution in [0.15, 0.2) is 39.8 Å². The average Bonchev–Trinajstić information content (AvgIpc) is 3.22. The van der Waals surface area contributed by atoms with Crippen LogP contribution in [-0.2, 0) is 6.54 Å². The van der Waals surface area contributed by atoms with Gasteiger partial charge in [0.2, 0.25) is 0 Å². The number of rotatable bonds is 8. The van der Waals surface area contributed by atoms with E-state index in [1.54, 1.807) is 12.1 Å². The summed E-state index contributed by atoms with van der Waals surface area (Å²) in [6.45, 7) is 6.23. The molecule has 31 heavy (non-hydrogen) atoms. The second-order valence-electron chi connectivity index (χ2n) is 7.87. The zero-order chi connectivity index (χ0) is 22.2. The largest absolute Gasteiger partial charge is 0.435 e. The van der Waals surface area contributed by atoms with Gasteiger partial charge in [0.1, 0.15) is 12.3 Å². The highest BCUT2D eigenvalue weighted by molar-refractivity contribution is 5.80. The third-order valence-corrected chi connectivity index (χ3v) is 5.10. The first-order valence-electron chi connectivity index (χ1n) is 10.7. The molecule has 0 saturated carbocycles. The number of benzene rings is 1. The SMILES string of the molecule is CCNC(=NCc1cc(C(C)C)no1)NC1CCCN(c2ccc(OC(F)F)cc2)C1. The second-order valence-corrected chi connectivity index (χ2v) is 7.87. The van der Waals surface area contributed by atoms with Gasteiger partial charge in [0, 0.05) is 37.4 Å². The number of nitrogens with one attached hydrogen (secondary N) is 2. The fraction of sp³-hybridized carbons (Fsp3) is 0.545. The minimum Gasteiger partial charge on any atom is -0.435 e. The molecule has 1 aliphatic heterocycles. The van der Waals surface area contributed by atoms with Crippen molar-refractivity contribution in [2.75, 3.05) is 24.5 Å². The molecule has 1 atom stereocenters. The maximum absolute atomic E-state index is 12.4. The number of anilines is 1. The molecule has 1 saturated heterocycles. The maximum Gasteiger partial charge on any atom is 0.387 e. The summed E-state index contributed by atoms with van der Waals surface area (Å²) in [7, 11) is 0. The van der Waals surface area contributed by atoms with Crippen LogP contribution in [-0.4, -0.2) is 43.4 Å². The third-order valence-electron chi connectivity index (χ3n) is 5.10. The zero-order valence-corrected chi connectivity index (χ0v) is 18.3. The lowest BCUT2D eigenvalue weighted by Gasteiger charge is -2.35. The van der Waals surface area contributed by atoms with Gasteiger partial charge in [-0.05, 0) is 49.9 Å². The minimum absolute atomic E-state index is 0.167. The lowest BCUT2D eigenvalue weighted by Crippen LogP contribution is -2.51. The van der Waals surface area contributed by atoms with Gasteiger partial charge < -0.3 is 24.8 Å². The maximum atomic E-state index is 12.4. The number of aromatic nitrogens is 1. The van der Waals surface area contributed by atoms with Crippen molar-refractivity contribution in [1.82, 2.24) is 15.8 Å². The van der Waals surface area contributed by atoms with Crippen molar-refractivity contribution >= 4 is 11.6 Å². The Morgan fingerprint density at radius 3 is 2.74 bits per heavy atom. The van der Waals surface area contributed by atoms with Crippen LogP contribution in [0.3, 0.4) is 0 Å². The van der Waals surface area contributed by atoms with Crippen LogP contribution in [0.25, 0.3) is 0 Å². The van der Waals surface area contributed by atoms with E-state index in [2.05, 4.69) is 44.3 Å². The van der Waals surface area contributed by atoms with Gasteiger partial charge in [-0.25, -0.2) is 4.99 Å². The first kappa shape index (κ1) is 22.8. The van der Waals surface area contributed by atoms with Crippen LogP contribution in [0, 0.1) is 0 Å². The van der Waals surface area contributed by atoms with E-state index in [-0.39, 0.29) is 11.8 Å². The lowest BCUT2D eigenvalue weighted by molar-refractivity contribution is -0.0498. The van der Waals surface area contributed by atoms with Crippen molar-refractivity contribution in [2.45, 2.75) is 58.7 Å². The molecule has 3 rings (SSSR count). The first-order chi connectivity index (χ1) is 14.9. The van der Waals surface area contributed by atoms with Crippen molar-refractivity contribution < 1.29 is 18.0 Å². The van der Waals surface area contributed by atoms with Crippen molar-refractivity contribution in [3.05, 3.63) is 41.8 Å². The quantitative estimate of drug-likeness (QED) is 0.480. The van der Waals surface area contributed by atoms with E-state index in [0.717, 1.165) is 55.6 Å². The highest BCUT2D eigenvalue weighted by Gasteiger charge is 2.21. The molecule has 1 aromatic heterocycles. The van der Waals surface area contributed by atoms with E-state index in [9.17, 15) is 8.78 Å². The summed E-state index contributed by atoms with van der Waals surface area (Å²) in [6.07, 6.45) is 2.04. The minimum atomic E-state index is -2.81. The van der Waals surface area contributed by atoms with Gasteiger partial charge in [-0.1, -0.05) is 19.0 Å². The molecule has 2 heterocycles. The highest BCUT2D eigenvalue weighted by Crippen LogP contribution is 2.24. The molecule has 0 amide bonds. The molecule has 1 aliphatic rings. The Kier molecular flexibility index (Phi) is 8.08. The van der Waals surface area contributed by atoms with Gasteiger partial charge >= 0.3 is 6.61 Å². The Bertz CT molecular complexity index is 839. The molecule has 9 heteroatoms. The third kappa shape index (κ3) is 6.83. The monoisotopic (exact) mass is 435 g/mol. The van der Waals surface area contributed by atoms with E-state index in [0.29, 0.717) is 12.5 Å². The number of piperidine rings is 1. The smallest absolute Gasteiger partial charge is 0.387 e. The molecule has 7 nitrogen and oxygen atoms in total. The number of hydrogen-bond donors (Lipinski definition) is 2. The number of aliphatic imine (C=N–C) groups is 1. The summed E-state index contributed by atoms with van der Waals surface area (Å²) in [4.78, 5) is 6.88. The topological polar surface area (TPSA) is 74.9 Å². The van der Waals surface area contributed by atoms with Gasteiger partial charge in [0.15, 0.2) is 11.7 Å². The molecular formula is C22H31F2N5O2. The Hall–Kier alpha value is -2.84. The Morgan fingerprint density at radius 1 is 1.32 bits per heavy atom. The van der Waals surface area contributed by atoms with Crippen LogP contribution in [0.1, 0.15) is 51.0 Å². The predicted molar refractivity (Wildman–Crippen MR) is 117 cm³/mol. The molecule has 2 N–H and O–H groups in total. The molecule has 2 aromatic rings. The lowest BCUT2D eigenvalue weighted by atomic mass is 10.0. The number of ether oxygens (including phenoxy) is 1. The summed E-state index contributed by atoms with van der Waals surface area (Å²) >= 11 is 0. The molecule has 0 bridgehead atoms. The number of nitrogens with zero attached hydrogens (tertiary/aromatic N) is 3. The second kappa shape index (κ2) is 11.0. The van der Waals surface area contributed by atoms with E-state index < -0.39 is 6.61 Å². The van der Waals surface area contributed by atoms with Crippen LogP contribution in [0.5, 0.6) is 5.75 Å². The van der Waals surface area contributed by atoms with Crippen LogP contribution >= 0.6 is 0 Å². The summed E-state index contributed by atoms with van der Waals surface area (Å²) in [5.74, 6) is 1.95. The van der Waals surface area contributed by atoms with Crippen LogP contribution in [0.4, 0.5) is 14.5 Å². The first-order valence-corrected chi connectivity index (χ1v) is 10.7. The van der Waals surface area contributed by atoms with Gasteiger partial charge in [-0.3, -0.25) is 0 Å². The molecular weight excluding hydrogens is 404 g/mol. The van der Waals surface area contributed by atoms with Gasteiger partial charge in [0.05, 0.1) is 5.69 Å². The van der Waals surface area contributed by atoms with Crippen molar-refractivity contribution in [2.24, 2.45) is 4.99 Å². The van der Waals surface area contributed by atoms with Crippen molar-refractivity contribution in [3.8, 4) is 5.75 Å². The molecule has 1 aromatic carbocycles. The fourth-order valence-electron chi connectivity index (χ4n) is 3.51. The van der Waals surface area contributed by atoms with Gasteiger partial charge in [-0.15, -0.1) is 0 Å². The molecule has 170 valence electrons. The van der Waals surface area contributed by atoms with E-state index in [1.165, 1.54) is 0 Å². The molecule has 1 unspecified atom stereocenters. The van der Waals surface area contributed by atoms with E-state index in [4.69, 9.17) is 4.52 Å². The number of halogens is 2. The Balaban J connectivity index is 1.59. The van der Waals surface area contributed by atoms with Gasteiger partial charge in [0.25, 0.3) is 0 Å². The molecule has 0 radical (unpaired) electrons. The number of guanidine groups is 1. The number of alkyl halides is 2. The van der Waals surface area contributed by atoms with Crippen LogP contribution in [0.2, 0.25) is 0 Å². The number of hydrogen-bond acceptors (Lipinski definition) is 5.